The van der Waals surface area contributed by atoms with Crippen molar-refractivity contribution in [1.82, 2.24) is 4.72 Å². The fourth-order valence-electron chi connectivity index (χ4n) is 2.97. The van der Waals surface area contributed by atoms with Crippen molar-refractivity contribution in [2.75, 3.05) is 27.9 Å². The molecule has 0 amide bonds. The molecular weight excluding hydrogens is 320 g/mol. The third-order valence-corrected chi connectivity index (χ3v) is 5.76. The lowest BCUT2D eigenvalue weighted by Gasteiger charge is -2.21. The maximum absolute atomic E-state index is 12.9. The first-order valence-electron chi connectivity index (χ1n) is 7.49. The monoisotopic (exact) mass is 344 g/mol. The highest BCUT2D eigenvalue weighted by Crippen LogP contribution is 2.38. The summed E-state index contributed by atoms with van der Waals surface area (Å²) in [6.07, 6.45) is 2.67. The van der Waals surface area contributed by atoms with E-state index in [2.05, 4.69) is 4.72 Å². The number of hydrogen-bond acceptors (Lipinski definition) is 6. The van der Waals surface area contributed by atoms with E-state index in [4.69, 9.17) is 19.9 Å². The van der Waals surface area contributed by atoms with Gasteiger partial charge in [-0.25, -0.2) is 13.1 Å². The highest BCUT2D eigenvalue weighted by atomic mass is 32.2. The highest BCUT2D eigenvalue weighted by Gasteiger charge is 2.33. The van der Waals surface area contributed by atoms with Crippen LogP contribution >= 0.6 is 0 Å². The summed E-state index contributed by atoms with van der Waals surface area (Å²) < 4.78 is 44.1. The summed E-state index contributed by atoms with van der Waals surface area (Å²) in [5, 5.41) is 0. The normalized spacial score (nSPS) is 21.2. The van der Waals surface area contributed by atoms with Crippen LogP contribution in [-0.4, -0.2) is 42.3 Å². The number of methoxy groups -OCH3 is 3. The Labute approximate surface area is 137 Å². The molecule has 1 saturated carbocycles. The second kappa shape index (κ2) is 7.37. The fraction of sp³-hybridized carbons (Fsp3) is 0.600. The summed E-state index contributed by atoms with van der Waals surface area (Å²) in [5.74, 6) is 0.963. The SMILES string of the molecule is COc1cc(OC)c(S(=O)(=O)NC2CCCC2CN)c(OC)c1. The number of hydrogen-bond donors (Lipinski definition) is 2. The summed E-state index contributed by atoms with van der Waals surface area (Å²) in [4.78, 5) is -0.0222. The molecule has 0 spiro atoms. The average Bonchev–Trinajstić information content (AvgIpc) is 2.99. The Hall–Kier alpha value is -1.51. The molecule has 2 rings (SSSR count). The molecule has 2 unspecified atom stereocenters. The van der Waals surface area contributed by atoms with Gasteiger partial charge in [0.25, 0.3) is 0 Å². The molecule has 8 heteroatoms. The van der Waals surface area contributed by atoms with Crippen LogP contribution in [0.25, 0.3) is 0 Å². The van der Waals surface area contributed by atoms with Gasteiger partial charge >= 0.3 is 0 Å². The van der Waals surface area contributed by atoms with E-state index in [1.807, 2.05) is 0 Å². The number of ether oxygens (including phenoxy) is 3. The number of nitrogens with one attached hydrogen (secondary N) is 1. The molecule has 130 valence electrons. The van der Waals surface area contributed by atoms with Crippen LogP contribution in [0.1, 0.15) is 19.3 Å². The zero-order chi connectivity index (χ0) is 17.0. The van der Waals surface area contributed by atoms with Crippen molar-refractivity contribution in [3.63, 3.8) is 0 Å². The maximum Gasteiger partial charge on any atom is 0.248 e. The molecule has 0 radical (unpaired) electrons. The maximum atomic E-state index is 12.9. The molecule has 0 bridgehead atoms. The van der Waals surface area contributed by atoms with Gasteiger partial charge in [-0.05, 0) is 25.3 Å². The van der Waals surface area contributed by atoms with E-state index in [0.29, 0.717) is 12.3 Å². The third-order valence-electron chi connectivity index (χ3n) is 4.21. The van der Waals surface area contributed by atoms with E-state index < -0.39 is 10.0 Å². The first kappa shape index (κ1) is 17.8. The van der Waals surface area contributed by atoms with Gasteiger partial charge < -0.3 is 19.9 Å². The molecule has 0 aliphatic heterocycles. The molecular formula is C15H24N2O5S. The van der Waals surface area contributed by atoms with Crippen molar-refractivity contribution in [3.05, 3.63) is 12.1 Å². The van der Waals surface area contributed by atoms with Gasteiger partial charge in [-0.15, -0.1) is 0 Å². The smallest absolute Gasteiger partial charge is 0.248 e. The molecule has 0 heterocycles. The Morgan fingerprint density at radius 2 is 1.74 bits per heavy atom. The predicted molar refractivity (Wildman–Crippen MR) is 86.6 cm³/mol. The molecule has 1 aliphatic carbocycles. The number of nitrogens with two attached hydrogens (primary N) is 1. The van der Waals surface area contributed by atoms with Gasteiger partial charge in [-0.2, -0.15) is 0 Å². The standard InChI is InChI=1S/C15H24N2O5S/c1-20-11-7-13(21-2)15(14(8-11)22-3)23(18,19)17-12-6-4-5-10(12)9-16/h7-8,10,12,17H,4-6,9,16H2,1-3H3. The van der Waals surface area contributed by atoms with Crippen LogP contribution in [0.3, 0.4) is 0 Å². The molecule has 1 fully saturated rings. The second-order valence-corrected chi connectivity index (χ2v) is 7.17. The van der Waals surface area contributed by atoms with Gasteiger partial charge in [0, 0.05) is 18.2 Å². The summed E-state index contributed by atoms with van der Waals surface area (Å²) in [6, 6.07) is 2.87. The number of rotatable bonds is 7. The Kier molecular flexibility index (Phi) is 5.72. The van der Waals surface area contributed by atoms with Crippen molar-refractivity contribution < 1.29 is 22.6 Å². The summed E-state index contributed by atoms with van der Waals surface area (Å²) >= 11 is 0. The Morgan fingerprint density at radius 1 is 1.13 bits per heavy atom. The minimum atomic E-state index is -3.81. The number of sulfonamides is 1. The largest absolute Gasteiger partial charge is 0.496 e. The highest BCUT2D eigenvalue weighted by molar-refractivity contribution is 7.89. The zero-order valence-corrected chi connectivity index (χ0v) is 14.5. The van der Waals surface area contributed by atoms with E-state index >= 15 is 0 Å². The summed E-state index contributed by atoms with van der Waals surface area (Å²) in [5.41, 5.74) is 5.73. The van der Waals surface area contributed by atoms with Crippen LogP contribution in [0.2, 0.25) is 0 Å². The van der Waals surface area contributed by atoms with Crippen LogP contribution < -0.4 is 24.7 Å². The van der Waals surface area contributed by atoms with E-state index in [9.17, 15) is 8.42 Å². The molecule has 1 aromatic rings. The lowest BCUT2D eigenvalue weighted by Crippen LogP contribution is -2.40. The van der Waals surface area contributed by atoms with Gasteiger partial charge in [0.15, 0.2) is 4.90 Å². The molecule has 1 aliphatic rings. The molecule has 0 aromatic heterocycles. The summed E-state index contributed by atoms with van der Waals surface area (Å²) in [7, 11) is 0.499. The van der Waals surface area contributed by atoms with Crippen LogP contribution in [0.5, 0.6) is 17.2 Å². The van der Waals surface area contributed by atoms with Crippen LogP contribution in [0.4, 0.5) is 0 Å². The minimum Gasteiger partial charge on any atom is -0.496 e. The lowest BCUT2D eigenvalue weighted by atomic mass is 10.1. The average molecular weight is 344 g/mol. The zero-order valence-electron chi connectivity index (χ0n) is 13.7. The Bertz CT molecular complexity index is 622. The predicted octanol–water partition coefficient (Wildman–Crippen LogP) is 1.12. The molecule has 0 saturated heterocycles. The van der Waals surface area contributed by atoms with Crippen molar-refractivity contribution in [2.24, 2.45) is 11.7 Å². The van der Waals surface area contributed by atoms with Gasteiger partial charge in [0.05, 0.1) is 21.3 Å². The quantitative estimate of drug-likeness (QED) is 0.769. The Morgan fingerprint density at radius 3 is 2.22 bits per heavy atom. The van der Waals surface area contributed by atoms with E-state index in [-0.39, 0.29) is 28.4 Å². The van der Waals surface area contributed by atoms with Crippen LogP contribution in [0.15, 0.2) is 17.0 Å². The van der Waals surface area contributed by atoms with Gasteiger partial charge in [0.2, 0.25) is 10.0 Å². The van der Waals surface area contributed by atoms with Crippen molar-refractivity contribution >= 4 is 10.0 Å². The lowest BCUT2D eigenvalue weighted by molar-refractivity contribution is 0.358. The fourth-order valence-corrected chi connectivity index (χ4v) is 4.61. The molecule has 23 heavy (non-hydrogen) atoms. The van der Waals surface area contributed by atoms with Crippen LogP contribution in [-0.2, 0) is 10.0 Å². The molecule has 3 N–H and O–H groups in total. The third kappa shape index (κ3) is 3.70. The first-order chi connectivity index (χ1) is 11.0. The Balaban J connectivity index is 2.42. The van der Waals surface area contributed by atoms with Gasteiger partial charge in [-0.3, -0.25) is 0 Å². The second-order valence-electron chi connectivity index (χ2n) is 5.52. The van der Waals surface area contributed by atoms with Gasteiger partial charge in [-0.1, -0.05) is 6.42 Å². The van der Waals surface area contributed by atoms with Gasteiger partial charge in [0.1, 0.15) is 17.2 Å². The van der Waals surface area contributed by atoms with E-state index in [1.165, 1.54) is 33.5 Å². The first-order valence-corrected chi connectivity index (χ1v) is 8.97. The summed E-state index contributed by atoms with van der Waals surface area (Å²) in [6.45, 7) is 0.462. The van der Waals surface area contributed by atoms with Crippen molar-refractivity contribution in [3.8, 4) is 17.2 Å². The molecule has 7 nitrogen and oxygen atoms in total. The molecule has 2 atom stereocenters. The van der Waals surface area contributed by atoms with Crippen molar-refractivity contribution in [1.29, 1.82) is 0 Å². The molecule has 1 aromatic carbocycles. The van der Waals surface area contributed by atoms with E-state index in [0.717, 1.165) is 19.3 Å². The van der Waals surface area contributed by atoms with Crippen molar-refractivity contribution in [2.45, 2.75) is 30.2 Å². The minimum absolute atomic E-state index is 0.0222. The van der Waals surface area contributed by atoms with E-state index in [1.54, 1.807) is 0 Å². The number of benzene rings is 1. The van der Waals surface area contributed by atoms with Crippen LogP contribution in [0, 0.1) is 5.92 Å². The topological polar surface area (TPSA) is 99.9 Å².